The van der Waals surface area contributed by atoms with Crippen LogP contribution < -0.4 is 15.4 Å². The van der Waals surface area contributed by atoms with Gasteiger partial charge in [-0.1, -0.05) is 57.9 Å². The normalized spacial score (nSPS) is 10.6. The summed E-state index contributed by atoms with van der Waals surface area (Å²) in [5.41, 5.74) is 2.80. The van der Waals surface area contributed by atoms with Gasteiger partial charge in [0, 0.05) is 41.8 Å². The van der Waals surface area contributed by atoms with Crippen molar-refractivity contribution < 1.29 is 9.66 Å². The number of nitro groups is 1. The van der Waals surface area contributed by atoms with Gasteiger partial charge in [-0.25, -0.2) is 0 Å². The highest BCUT2D eigenvalue weighted by atomic mass is 79.9. The minimum atomic E-state index is -0.466. The smallest absolute Gasteiger partial charge is 0.271 e. The summed E-state index contributed by atoms with van der Waals surface area (Å²) >= 11 is 9.61. The highest BCUT2D eigenvalue weighted by Gasteiger charge is 2.09. The van der Waals surface area contributed by atoms with E-state index >= 15 is 0 Å². The average Bonchev–Trinajstić information content (AvgIpc) is 2.74. The predicted octanol–water partition coefficient (Wildman–Crippen LogP) is 5.79. The minimum Gasteiger partial charge on any atom is -0.489 e. The molecule has 3 rings (SSSR count). The fourth-order valence-corrected chi connectivity index (χ4v) is 3.48. The maximum absolute atomic E-state index is 10.8. The number of hydrogen-bond donors (Lipinski definition) is 2. The quantitative estimate of drug-likeness (QED) is 0.214. The van der Waals surface area contributed by atoms with E-state index in [2.05, 4.69) is 26.6 Å². The molecule has 2 N–H and O–H groups in total. The minimum absolute atomic E-state index is 0.0265. The zero-order chi connectivity index (χ0) is 21.3. The standard InChI is InChI=1S/C22H21BrClN3O3/c23-18-6-9-22(30-15-16-4-2-1-3-5-16)17(12-18)14-25-10-11-26-21-8-7-19(27(28)29)13-20(21)24/h1-9,12-13,25-26H,10-11,14-15H2. The number of benzene rings is 3. The Bertz CT molecular complexity index is 1000. The van der Waals surface area contributed by atoms with E-state index in [1.165, 1.54) is 12.1 Å². The number of anilines is 1. The van der Waals surface area contributed by atoms with Gasteiger partial charge in [0.15, 0.2) is 0 Å². The van der Waals surface area contributed by atoms with Gasteiger partial charge in [-0.3, -0.25) is 10.1 Å². The number of non-ortho nitro benzene ring substituents is 1. The second-order valence-electron chi connectivity index (χ2n) is 6.55. The lowest BCUT2D eigenvalue weighted by molar-refractivity contribution is -0.384. The van der Waals surface area contributed by atoms with Crippen LogP contribution in [0.4, 0.5) is 11.4 Å². The first kappa shape index (κ1) is 22.1. The zero-order valence-electron chi connectivity index (χ0n) is 16.1. The molecule has 3 aromatic carbocycles. The first-order chi connectivity index (χ1) is 14.5. The van der Waals surface area contributed by atoms with Crippen molar-refractivity contribution >= 4 is 38.9 Å². The first-order valence-electron chi connectivity index (χ1n) is 9.36. The second kappa shape index (κ2) is 11.0. The van der Waals surface area contributed by atoms with Gasteiger partial charge in [0.1, 0.15) is 12.4 Å². The Morgan fingerprint density at radius 2 is 1.83 bits per heavy atom. The molecule has 0 saturated carbocycles. The molecule has 0 aliphatic rings. The average molecular weight is 491 g/mol. The Morgan fingerprint density at radius 3 is 2.57 bits per heavy atom. The maximum Gasteiger partial charge on any atom is 0.271 e. The Hall–Kier alpha value is -2.61. The predicted molar refractivity (Wildman–Crippen MR) is 123 cm³/mol. The highest BCUT2D eigenvalue weighted by molar-refractivity contribution is 9.10. The van der Waals surface area contributed by atoms with Crippen LogP contribution in [-0.4, -0.2) is 18.0 Å². The van der Waals surface area contributed by atoms with Crippen molar-refractivity contribution in [3.63, 3.8) is 0 Å². The van der Waals surface area contributed by atoms with E-state index in [1.807, 2.05) is 48.5 Å². The van der Waals surface area contributed by atoms with Gasteiger partial charge in [-0.05, 0) is 29.8 Å². The summed E-state index contributed by atoms with van der Waals surface area (Å²) in [6.07, 6.45) is 0. The summed E-state index contributed by atoms with van der Waals surface area (Å²) in [5.74, 6) is 0.834. The van der Waals surface area contributed by atoms with Crippen LogP contribution in [-0.2, 0) is 13.2 Å². The third kappa shape index (κ3) is 6.45. The van der Waals surface area contributed by atoms with Crippen LogP contribution in [0.25, 0.3) is 0 Å². The van der Waals surface area contributed by atoms with Gasteiger partial charge in [0.05, 0.1) is 15.6 Å². The summed E-state index contributed by atoms with van der Waals surface area (Å²) in [4.78, 5) is 10.3. The van der Waals surface area contributed by atoms with Crippen LogP contribution in [0.15, 0.2) is 71.2 Å². The number of nitro benzene ring substituents is 1. The summed E-state index contributed by atoms with van der Waals surface area (Å²) in [6.45, 7) is 2.44. The number of ether oxygens (including phenoxy) is 1. The molecular weight excluding hydrogens is 470 g/mol. The van der Waals surface area contributed by atoms with Gasteiger partial charge in [0.25, 0.3) is 5.69 Å². The Labute approximate surface area is 188 Å². The van der Waals surface area contributed by atoms with E-state index in [1.54, 1.807) is 6.07 Å². The Morgan fingerprint density at radius 1 is 1.03 bits per heavy atom. The molecule has 0 radical (unpaired) electrons. The third-order valence-electron chi connectivity index (χ3n) is 4.36. The molecule has 0 heterocycles. The molecule has 0 aromatic heterocycles. The van der Waals surface area contributed by atoms with Crippen LogP contribution >= 0.6 is 27.5 Å². The van der Waals surface area contributed by atoms with Gasteiger partial charge < -0.3 is 15.4 Å². The van der Waals surface area contributed by atoms with Gasteiger partial charge in [-0.2, -0.15) is 0 Å². The number of rotatable bonds is 10. The van der Waals surface area contributed by atoms with Gasteiger partial charge in [0.2, 0.25) is 0 Å². The van der Waals surface area contributed by atoms with Crippen molar-refractivity contribution in [2.75, 3.05) is 18.4 Å². The monoisotopic (exact) mass is 489 g/mol. The van der Waals surface area contributed by atoms with Crippen molar-refractivity contribution in [2.24, 2.45) is 0 Å². The van der Waals surface area contributed by atoms with E-state index in [-0.39, 0.29) is 5.69 Å². The van der Waals surface area contributed by atoms with Crippen molar-refractivity contribution in [2.45, 2.75) is 13.2 Å². The molecule has 30 heavy (non-hydrogen) atoms. The fraction of sp³-hybridized carbons (Fsp3) is 0.182. The van der Waals surface area contributed by atoms with E-state index in [0.29, 0.717) is 37.0 Å². The van der Waals surface area contributed by atoms with Crippen molar-refractivity contribution in [1.82, 2.24) is 5.32 Å². The molecule has 8 heteroatoms. The largest absolute Gasteiger partial charge is 0.489 e. The second-order valence-corrected chi connectivity index (χ2v) is 7.87. The molecule has 0 unspecified atom stereocenters. The molecule has 0 saturated heterocycles. The molecular formula is C22H21BrClN3O3. The molecule has 156 valence electrons. The molecule has 0 atom stereocenters. The van der Waals surface area contributed by atoms with E-state index in [0.717, 1.165) is 21.3 Å². The number of nitrogens with zero attached hydrogens (tertiary/aromatic N) is 1. The fourth-order valence-electron chi connectivity index (χ4n) is 2.83. The molecule has 0 aliphatic carbocycles. The molecule has 0 fully saturated rings. The van der Waals surface area contributed by atoms with Crippen LogP contribution in [0.1, 0.15) is 11.1 Å². The van der Waals surface area contributed by atoms with Crippen molar-refractivity contribution in [1.29, 1.82) is 0 Å². The van der Waals surface area contributed by atoms with E-state index in [4.69, 9.17) is 16.3 Å². The Balaban J connectivity index is 1.49. The van der Waals surface area contributed by atoms with Gasteiger partial charge >= 0.3 is 0 Å². The lowest BCUT2D eigenvalue weighted by Crippen LogP contribution is -2.22. The summed E-state index contributed by atoms with van der Waals surface area (Å²) in [6, 6.07) is 20.4. The maximum atomic E-state index is 10.8. The van der Waals surface area contributed by atoms with E-state index < -0.39 is 4.92 Å². The third-order valence-corrected chi connectivity index (χ3v) is 5.16. The summed E-state index contributed by atoms with van der Waals surface area (Å²) in [5, 5.41) is 17.7. The lowest BCUT2D eigenvalue weighted by Gasteiger charge is -2.14. The molecule has 6 nitrogen and oxygen atoms in total. The summed E-state index contributed by atoms with van der Waals surface area (Å²) < 4.78 is 6.99. The van der Waals surface area contributed by atoms with Crippen molar-refractivity contribution in [3.05, 3.63) is 97.5 Å². The zero-order valence-corrected chi connectivity index (χ0v) is 18.4. The van der Waals surface area contributed by atoms with Crippen LogP contribution in [0, 0.1) is 10.1 Å². The van der Waals surface area contributed by atoms with Gasteiger partial charge in [-0.15, -0.1) is 0 Å². The Kier molecular flexibility index (Phi) is 8.07. The molecule has 0 amide bonds. The molecule has 0 aliphatic heterocycles. The number of nitrogens with one attached hydrogen (secondary N) is 2. The van der Waals surface area contributed by atoms with E-state index in [9.17, 15) is 10.1 Å². The number of halogens is 2. The van der Waals surface area contributed by atoms with Crippen LogP contribution in [0.3, 0.4) is 0 Å². The highest BCUT2D eigenvalue weighted by Crippen LogP contribution is 2.26. The SMILES string of the molecule is O=[N+]([O-])c1ccc(NCCNCc2cc(Br)ccc2OCc2ccccc2)c(Cl)c1. The number of hydrogen-bond acceptors (Lipinski definition) is 5. The van der Waals surface area contributed by atoms with Crippen LogP contribution in [0.5, 0.6) is 5.75 Å². The van der Waals surface area contributed by atoms with Crippen molar-refractivity contribution in [3.8, 4) is 5.75 Å². The summed E-state index contributed by atoms with van der Waals surface area (Å²) in [7, 11) is 0. The topological polar surface area (TPSA) is 76.4 Å². The molecule has 3 aromatic rings. The molecule has 0 bridgehead atoms. The lowest BCUT2D eigenvalue weighted by atomic mass is 10.2. The van der Waals surface area contributed by atoms with Crippen LogP contribution in [0.2, 0.25) is 5.02 Å². The first-order valence-corrected chi connectivity index (χ1v) is 10.5. The molecule has 0 spiro atoms.